The average molecular weight is 272 g/mol. The lowest BCUT2D eigenvalue weighted by molar-refractivity contribution is -0.118. The van der Waals surface area contributed by atoms with Crippen LogP contribution in [0.4, 0.5) is 0 Å². The fraction of sp³-hybridized carbons (Fsp3) is 0.692. The SMILES string of the molecule is CCc1nn(C)c(CC(=O)CCCCCN)c1Cl. The van der Waals surface area contributed by atoms with Gasteiger partial charge in [0.1, 0.15) is 5.78 Å². The first-order valence-electron chi connectivity index (χ1n) is 6.52. The number of aryl methyl sites for hydroxylation is 2. The number of unbranched alkanes of at least 4 members (excludes halogenated alkanes) is 2. The minimum Gasteiger partial charge on any atom is -0.330 e. The van der Waals surface area contributed by atoms with Crippen LogP contribution in [0.2, 0.25) is 5.02 Å². The van der Waals surface area contributed by atoms with Gasteiger partial charge < -0.3 is 5.73 Å². The summed E-state index contributed by atoms with van der Waals surface area (Å²) in [5, 5.41) is 4.96. The molecule has 0 saturated carbocycles. The molecule has 1 heterocycles. The molecule has 18 heavy (non-hydrogen) atoms. The van der Waals surface area contributed by atoms with E-state index in [9.17, 15) is 4.79 Å². The van der Waals surface area contributed by atoms with Crippen LogP contribution in [0.5, 0.6) is 0 Å². The predicted molar refractivity (Wildman–Crippen MR) is 73.8 cm³/mol. The number of ketones is 1. The van der Waals surface area contributed by atoms with E-state index in [4.69, 9.17) is 17.3 Å². The summed E-state index contributed by atoms with van der Waals surface area (Å²) >= 11 is 6.21. The van der Waals surface area contributed by atoms with Gasteiger partial charge in [-0.05, 0) is 25.8 Å². The summed E-state index contributed by atoms with van der Waals surface area (Å²) in [6, 6.07) is 0. The van der Waals surface area contributed by atoms with Crippen molar-refractivity contribution in [3.05, 3.63) is 16.4 Å². The van der Waals surface area contributed by atoms with Crippen LogP contribution in [0.3, 0.4) is 0 Å². The number of hydrogen-bond donors (Lipinski definition) is 1. The quantitative estimate of drug-likeness (QED) is 0.738. The zero-order chi connectivity index (χ0) is 13.5. The molecule has 1 rings (SSSR count). The Morgan fingerprint density at radius 2 is 2.11 bits per heavy atom. The first-order chi connectivity index (χ1) is 8.60. The third-order valence-corrected chi connectivity index (χ3v) is 3.46. The van der Waals surface area contributed by atoms with Crippen molar-refractivity contribution in [2.24, 2.45) is 12.8 Å². The molecule has 0 radical (unpaired) electrons. The molecule has 1 aromatic heterocycles. The zero-order valence-electron chi connectivity index (χ0n) is 11.2. The Balaban J connectivity index is 2.51. The minimum absolute atomic E-state index is 0.222. The summed E-state index contributed by atoms with van der Waals surface area (Å²) in [5.74, 6) is 0.222. The molecule has 2 N–H and O–H groups in total. The minimum atomic E-state index is 0.222. The van der Waals surface area contributed by atoms with Gasteiger partial charge in [-0.3, -0.25) is 9.48 Å². The van der Waals surface area contributed by atoms with Crippen molar-refractivity contribution in [3.8, 4) is 0 Å². The highest BCUT2D eigenvalue weighted by Gasteiger charge is 2.15. The maximum Gasteiger partial charge on any atom is 0.138 e. The average Bonchev–Trinajstić information content (AvgIpc) is 2.62. The van der Waals surface area contributed by atoms with E-state index in [-0.39, 0.29) is 5.78 Å². The molecule has 0 bridgehead atoms. The van der Waals surface area contributed by atoms with Crippen LogP contribution < -0.4 is 5.73 Å². The molecule has 0 aliphatic carbocycles. The molecule has 1 aromatic rings. The molecule has 0 unspecified atom stereocenters. The number of nitrogens with zero attached hydrogens (tertiary/aromatic N) is 2. The van der Waals surface area contributed by atoms with Crippen molar-refractivity contribution in [2.75, 3.05) is 6.54 Å². The molecule has 4 nitrogen and oxygen atoms in total. The number of nitrogens with two attached hydrogens (primary N) is 1. The van der Waals surface area contributed by atoms with Gasteiger partial charge in [-0.2, -0.15) is 5.10 Å². The normalized spacial score (nSPS) is 10.9. The van der Waals surface area contributed by atoms with E-state index < -0.39 is 0 Å². The van der Waals surface area contributed by atoms with Gasteiger partial charge in [-0.1, -0.05) is 24.9 Å². The standard InChI is InChI=1S/C13H22ClN3O/c1-3-11-13(14)12(17(2)16-11)9-10(18)7-5-4-6-8-15/h3-9,15H2,1-2H3. The molecule has 0 amide bonds. The van der Waals surface area contributed by atoms with Gasteiger partial charge in [0.05, 0.1) is 16.4 Å². The van der Waals surface area contributed by atoms with Gasteiger partial charge in [0.2, 0.25) is 0 Å². The highest BCUT2D eigenvalue weighted by molar-refractivity contribution is 6.32. The second-order valence-electron chi connectivity index (χ2n) is 4.50. The van der Waals surface area contributed by atoms with E-state index >= 15 is 0 Å². The Bertz CT molecular complexity index is 401. The van der Waals surface area contributed by atoms with E-state index in [1.54, 1.807) is 4.68 Å². The number of halogens is 1. The highest BCUT2D eigenvalue weighted by atomic mass is 35.5. The number of aromatic nitrogens is 2. The third-order valence-electron chi connectivity index (χ3n) is 3.03. The lowest BCUT2D eigenvalue weighted by Gasteiger charge is -2.02. The second kappa shape index (κ2) is 7.54. The maximum absolute atomic E-state index is 11.8. The van der Waals surface area contributed by atoms with E-state index in [0.29, 0.717) is 24.4 Å². The lowest BCUT2D eigenvalue weighted by Crippen LogP contribution is -2.08. The molecule has 0 atom stereocenters. The highest BCUT2D eigenvalue weighted by Crippen LogP contribution is 2.21. The van der Waals surface area contributed by atoms with Gasteiger partial charge in [-0.25, -0.2) is 0 Å². The Kier molecular flexibility index (Phi) is 6.36. The summed E-state index contributed by atoms with van der Waals surface area (Å²) in [6.45, 7) is 2.70. The molecule has 0 aliphatic rings. The van der Waals surface area contributed by atoms with E-state index in [1.165, 1.54) is 0 Å². The summed E-state index contributed by atoms with van der Waals surface area (Å²) in [4.78, 5) is 11.8. The van der Waals surface area contributed by atoms with Crippen LogP contribution in [0, 0.1) is 0 Å². The molecule has 0 aliphatic heterocycles. The number of hydrogen-bond acceptors (Lipinski definition) is 3. The van der Waals surface area contributed by atoms with Crippen molar-refractivity contribution >= 4 is 17.4 Å². The van der Waals surface area contributed by atoms with Crippen molar-refractivity contribution in [1.82, 2.24) is 9.78 Å². The van der Waals surface area contributed by atoms with Crippen molar-refractivity contribution < 1.29 is 4.79 Å². The molecule has 0 aromatic carbocycles. The lowest BCUT2D eigenvalue weighted by atomic mass is 10.1. The molecule has 5 heteroatoms. The summed E-state index contributed by atoms with van der Waals surface area (Å²) < 4.78 is 1.72. The Hall–Kier alpha value is -0.870. The monoisotopic (exact) mass is 271 g/mol. The smallest absolute Gasteiger partial charge is 0.138 e. The Labute approximate surface area is 113 Å². The van der Waals surface area contributed by atoms with Gasteiger partial charge in [0.15, 0.2) is 0 Å². The van der Waals surface area contributed by atoms with Crippen LogP contribution >= 0.6 is 11.6 Å². The first kappa shape index (κ1) is 15.2. The maximum atomic E-state index is 11.8. The number of carbonyl (C=O) groups is 1. The Morgan fingerprint density at radius 1 is 1.39 bits per heavy atom. The van der Waals surface area contributed by atoms with Crippen molar-refractivity contribution in [1.29, 1.82) is 0 Å². The van der Waals surface area contributed by atoms with Crippen LogP contribution in [0.1, 0.15) is 44.0 Å². The molecule has 0 saturated heterocycles. The largest absolute Gasteiger partial charge is 0.330 e. The topological polar surface area (TPSA) is 60.9 Å². The van der Waals surface area contributed by atoms with Crippen molar-refractivity contribution in [2.45, 2.75) is 45.4 Å². The second-order valence-corrected chi connectivity index (χ2v) is 4.88. The third kappa shape index (κ3) is 4.10. The van der Waals surface area contributed by atoms with Gasteiger partial charge in [0.25, 0.3) is 0 Å². The van der Waals surface area contributed by atoms with E-state index in [0.717, 1.165) is 37.1 Å². The summed E-state index contributed by atoms with van der Waals surface area (Å²) in [5.41, 5.74) is 7.11. The van der Waals surface area contributed by atoms with Crippen LogP contribution in [-0.4, -0.2) is 22.1 Å². The van der Waals surface area contributed by atoms with Crippen LogP contribution in [0.25, 0.3) is 0 Å². The number of Topliss-reactive ketones (excluding diaryl/α,β-unsaturated/α-hetero) is 1. The van der Waals surface area contributed by atoms with Crippen LogP contribution in [-0.2, 0) is 24.7 Å². The first-order valence-corrected chi connectivity index (χ1v) is 6.90. The molecule has 0 fully saturated rings. The van der Waals surface area contributed by atoms with Gasteiger partial charge in [0, 0.05) is 19.9 Å². The van der Waals surface area contributed by atoms with E-state index in [2.05, 4.69) is 5.10 Å². The molecular weight excluding hydrogens is 250 g/mol. The fourth-order valence-corrected chi connectivity index (χ4v) is 2.29. The predicted octanol–water partition coefficient (Wildman–Crippen LogP) is 2.27. The molecule has 0 spiro atoms. The zero-order valence-corrected chi connectivity index (χ0v) is 12.0. The van der Waals surface area contributed by atoms with Gasteiger partial charge in [-0.15, -0.1) is 0 Å². The molecular formula is C13H22ClN3O. The van der Waals surface area contributed by atoms with Gasteiger partial charge >= 0.3 is 0 Å². The van der Waals surface area contributed by atoms with E-state index in [1.807, 2.05) is 14.0 Å². The summed E-state index contributed by atoms with van der Waals surface area (Å²) in [6.07, 6.45) is 4.68. The Morgan fingerprint density at radius 3 is 2.67 bits per heavy atom. The number of carbonyl (C=O) groups excluding carboxylic acids is 1. The molecule has 102 valence electrons. The number of rotatable bonds is 8. The van der Waals surface area contributed by atoms with Crippen LogP contribution in [0.15, 0.2) is 0 Å². The fourth-order valence-electron chi connectivity index (χ4n) is 1.93. The van der Waals surface area contributed by atoms with Crippen molar-refractivity contribution in [3.63, 3.8) is 0 Å². The summed E-state index contributed by atoms with van der Waals surface area (Å²) in [7, 11) is 1.84.